The normalized spacial score (nSPS) is 12.2. The molecule has 0 radical (unpaired) electrons. The Morgan fingerprint density at radius 2 is 1.90 bits per heavy atom. The second-order valence-electron chi connectivity index (χ2n) is 5.83. The lowest BCUT2D eigenvalue weighted by molar-refractivity contribution is 0.478. The van der Waals surface area contributed by atoms with Crippen molar-refractivity contribution in [3.8, 4) is 0 Å². The second-order valence-corrected chi connectivity index (χ2v) is 7.57. The van der Waals surface area contributed by atoms with Gasteiger partial charge in [-0.3, -0.25) is 0 Å². The highest BCUT2D eigenvalue weighted by molar-refractivity contribution is 7.89. The quantitative estimate of drug-likeness (QED) is 0.650. The van der Waals surface area contributed by atoms with Gasteiger partial charge in [0.25, 0.3) is 0 Å². The first kappa shape index (κ1) is 18.2. The Morgan fingerprint density at radius 3 is 2.48 bits per heavy atom. The average molecular weight is 316 g/mol. The maximum Gasteiger partial charge on any atom is 0.244 e. The maximum absolute atomic E-state index is 12.1. The van der Waals surface area contributed by atoms with Crippen LogP contribution in [0.1, 0.15) is 57.5 Å². The van der Waals surface area contributed by atoms with Crippen molar-refractivity contribution >= 4 is 10.0 Å². The zero-order valence-corrected chi connectivity index (χ0v) is 14.1. The minimum absolute atomic E-state index is 0.197. The molecule has 6 heteroatoms. The zero-order chi connectivity index (χ0) is 15.9. The minimum atomic E-state index is -3.49. The molecular weight excluding hydrogens is 288 g/mol. The molecule has 21 heavy (non-hydrogen) atoms. The Hall–Kier alpha value is -0.850. The van der Waals surface area contributed by atoms with Gasteiger partial charge >= 0.3 is 0 Å². The van der Waals surface area contributed by atoms with Crippen molar-refractivity contribution in [1.29, 1.82) is 0 Å². The predicted molar refractivity (Wildman–Crippen MR) is 84.4 cm³/mol. The van der Waals surface area contributed by atoms with Gasteiger partial charge in [0, 0.05) is 12.6 Å². The molecule has 0 amide bonds. The van der Waals surface area contributed by atoms with Gasteiger partial charge in [-0.2, -0.15) is 0 Å². The van der Waals surface area contributed by atoms with Crippen LogP contribution in [0.2, 0.25) is 0 Å². The number of unbranched alkanes of at least 4 members (excludes halogenated alkanes) is 3. The lowest BCUT2D eigenvalue weighted by atomic mass is 10.0. The summed E-state index contributed by atoms with van der Waals surface area (Å²) in [6, 6.07) is 1.50. The summed E-state index contributed by atoms with van der Waals surface area (Å²) < 4.78 is 32.2. The fraction of sp³-hybridized carbons (Fsp3) is 0.733. The molecule has 0 aliphatic rings. The number of hydrogen-bond donors (Lipinski definition) is 2. The third-order valence-electron chi connectivity index (χ3n) is 3.41. The third-order valence-corrected chi connectivity index (χ3v) is 4.98. The van der Waals surface area contributed by atoms with E-state index in [0.717, 1.165) is 25.2 Å². The summed E-state index contributed by atoms with van der Waals surface area (Å²) in [5.74, 6) is 1.62. The van der Waals surface area contributed by atoms with E-state index >= 15 is 0 Å². The van der Waals surface area contributed by atoms with Gasteiger partial charge < -0.3 is 10.2 Å². The Bertz CT molecular complexity index is 521. The van der Waals surface area contributed by atoms with Crippen LogP contribution in [0.4, 0.5) is 0 Å². The number of hydrogen-bond acceptors (Lipinski definition) is 4. The lowest BCUT2D eigenvalue weighted by Gasteiger charge is -2.06. The van der Waals surface area contributed by atoms with E-state index < -0.39 is 10.0 Å². The third kappa shape index (κ3) is 6.20. The largest absolute Gasteiger partial charge is 0.464 e. The summed E-state index contributed by atoms with van der Waals surface area (Å²) >= 11 is 0. The van der Waals surface area contributed by atoms with Gasteiger partial charge in [-0.05, 0) is 19.3 Å². The Balaban J connectivity index is 2.35. The Kier molecular flexibility index (Phi) is 7.42. The van der Waals surface area contributed by atoms with Crippen LogP contribution in [0.25, 0.3) is 0 Å². The van der Waals surface area contributed by atoms with E-state index in [9.17, 15) is 8.42 Å². The summed E-state index contributed by atoms with van der Waals surface area (Å²) in [6.45, 7) is 6.74. The SMILES string of the molecule is Cc1oc(CN)cc1S(=O)(=O)NCCCCCCC(C)C. The van der Waals surface area contributed by atoms with Gasteiger partial charge in [0.15, 0.2) is 0 Å². The molecule has 0 aromatic carbocycles. The molecule has 5 nitrogen and oxygen atoms in total. The molecule has 0 saturated heterocycles. The van der Waals surface area contributed by atoms with Gasteiger partial charge in [0.2, 0.25) is 10.0 Å². The Morgan fingerprint density at radius 1 is 1.24 bits per heavy atom. The van der Waals surface area contributed by atoms with E-state index in [0.29, 0.717) is 18.1 Å². The van der Waals surface area contributed by atoms with Crippen molar-refractivity contribution < 1.29 is 12.8 Å². The highest BCUT2D eigenvalue weighted by Gasteiger charge is 2.20. The summed E-state index contributed by atoms with van der Waals surface area (Å²) in [5, 5.41) is 0. The van der Waals surface area contributed by atoms with Gasteiger partial charge in [0.05, 0.1) is 6.54 Å². The molecule has 0 atom stereocenters. The van der Waals surface area contributed by atoms with E-state index in [1.54, 1.807) is 6.92 Å². The van der Waals surface area contributed by atoms with Crippen LogP contribution < -0.4 is 10.5 Å². The predicted octanol–water partition coefficient (Wildman–Crippen LogP) is 2.93. The highest BCUT2D eigenvalue weighted by Crippen LogP contribution is 2.19. The molecule has 122 valence electrons. The molecule has 1 aromatic heterocycles. The number of sulfonamides is 1. The van der Waals surface area contributed by atoms with Crippen LogP contribution >= 0.6 is 0 Å². The van der Waals surface area contributed by atoms with Crippen LogP contribution in [0.5, 0.6) is 0 Å². The number of nitrogens with one attached hydrogen (secondary N) is 1. The molecule has 0 aliphatic heterocycles. The molecule has 0 spiro atoms. The van der Waals surface area contributed by atoms with Crippen molar-refractivity contribution in [3.63, 3.8) is 0 Å². The maximum atomic E-state index is 12.1. The standard InChI is InChI=1S/C15H28N2O3S/c1-12(2)8-6-4-5-7-9-17-21(18,19)15-10-14(11-16)20-13(15)3/h10,12,17H,4-9,11,16H2,1-3H3. The minimum Gasteiger partial charge on any atom is -0.464 e. The van der Waals surface area contributed by atoms with Gasteiger partial charge in [-0.1, -0.05) is 39.5 Å². The van der Waals surface area contributed by atoms with Crippen molar-refractivity contribution in [3.05, 3.63) is 17.6 Å². The number of rotatable bonds is 10. The van der Waals surface area contributed by atoms with Crippen molar-refractivity contribution in [2.24, 2.45) is 11.7 Å². The molecule has 0 bridgehead atoms. The molecule has 1 heterocycles. The van der Waals surface area contributed by atoms with Crippen LogP contribution in [0, 0.1) is 12.8 Å². The topological polar surface area (TPSA) is 85.3 Å². The van der Waals surface area contributed by atoms with Gasteiger partial charge in [0.1, 0.15) is 16.4 Å². The summed E-state index contributed by atoms with van der Waals surface area (Å²) in [6.07, 6.45) is 5.51. The average Bonchev–Trinajstić information content (AvgIpc) is 2.79. The fourth-order valence-corrected chi connectivity index (χ4v) is 3.48. The van der Waals surface area contributed by atoms with Crippen LogP contribution in [-0.4, -0.2) is 15.0 Å². The highest BCUT2D eigenvalue weighted by atomic mass is 32.2. The van der Waals surface area contributed by atoms with Crippen LogP contribution in [0.15, 0.2) is 15.4 Å². The van der Waals surface area contributed by atoms with Crippen LogP contribution in [-0.2, 0) is 16.6 Å². The monoisotopic (exact) mass is 316 g/mol. The van der Waals surface area contributed by atoms with Crippen molar-refractivity contribution in [2.75, 3.05) is 6.54 Å². The molecule has 0 unspecified atom stereocenters. The van der Waals surface area contributed by atoms with Gasteiger partial charge in [-0.15, -0.1) is 0 Å². The molecule has 0 aliphatic carbocycles. The molecule has 3 N–H and O–H groups in total. The van der Waals surface area contributed by atoms with E-state index in [2.05, 4.69) is 18.6 Å². The fourth-order valence-electron chi connectivity index (χ4n) is 2.21. The number of furan rings is 1. The molecule has 0 saturated carbocycles. The van der Waals surface area contributed by atoms with E-state index in [1.807, 2.05) is 0 Å². The Labute approximate surface area is 128 Å². The first-order valence-corrected chi connectivity index (χ1v) is 9.14. The number of aryl methyl sites for hydroxylation is 1. The van der Waals surface area contributed by atoms with E-state index in [1.165, 1.54) is 18.9 Å². The lowest BCUT2D eigenvalue weighted by Crippen LogP contribution is -2.25. The molecule has 1 aromatic rings. The smallest absolute Gasteiger partial charge is 0.244 e. The van der Waals surface area contributed by atoms with Gasteiger partial charge in [-0.25, -0.2) is 13.1 Å². The number of nitrogens with two attached hydrogens (primary N) is 1. The molecule has 1 rings (SSSR count). The van der Waals surface area contributed by atoms with E-state index in [-0.39, 0.29) is 11.4 Å². The first-order chi connectivity index (χ1) is 9.86. The first-order valence-electron chi connectivity index (χ1n) is 7.66. The summed E-state index contributed by atoms with van der Waals surface area (Å²) in [5.41, 5.74) is 5.46. The molecule has 0 fully saturated rings. The summed E-state index contributed by atoms with van der Waals surface area (Å²) in [4.78, 5) is 0.197. The van der Waals surface area contributed by atoms with E-state index in [4.69, 9.17) is 10.2 Å². The second kappa shape index (κ2) is 8.56. The van der Waals surface area contributed by atoms with Crippen LogP contribution in [0.3, 0.4) is 0 Å². The summed E-state index contributed by atoms with van der Waals surface area (Å²) in [7, 11) is -3.49. The zero-order valence-electron chi connectivity index (χ0n) is 13.3. The van der Waals surface area contributed by atoms with Crippen molar-refractivity contribution in [2.45, 2.75) is 64.3 Å². The molecular formula is C15H28N2O3S. The van der Waals surface area contributed by atoms with Crippen molar-refractivity contribution in [1.82, 2.24) is 4.72 Å².